The van der Waals surface area contributed by atoms with Gasteiger partial charge in [-0.15, -0.1) is 0 Å². The second kappa shape index (κ2) is 7.41. The molecule has 0 amide bonds. The van der Waals surface area contributed by atoms with E-state index >= 15 is 0 Å². The van der Waals surface area contributed by atoms with Crippen LogP contribution >= 0.6 is 11.5 Å². The lowest BCUT2D eigenvalue weighted by Gasteiger charge is -2.15. The highest BCUT2D eigenvalue weighted by Crippen LogP contribution is 2.37. The molecule has 0 saturated carbocycles. The third kappa shape index (κ3) is 4.43. The Hall–Kier alpha value is -1.62. The topological polar surface area (TPSA) is 63.8 Å². The van der Waals surface area contributed by atoms with Gasteiger partial charge in [0.05, 0.1) is 5.56 Å². The Morgan fingerprint density at radius 2 is 1.90 bits per heavy atom. The Kier molecular flexibility index (Phi) is 5.56. The predicted octanol–water partition coefficient (Wildman–Crippen LogP) is 4.41. The molecule has 0 fully saturated rings. The highest BCUT2D eigenvalue weighted by Gasteiger charge is 2.15. The number of pyridine rings is 1. The minimum Gasteiger partial charge on any atom is -0.382 e. The van der Waals surface area contributed by atoms with Gasteiger partial charge in [0.15, 0.2) is 0 Å². The number of rotatable bonds is 7. The van der Waals surface area contributed by atoms with Crippen LogP contribution in [0.1, 0.15) is 40.0 Å². The van der Waals surface area contributed by atoms with Crippen molar-refractivity contribution in [2.45, 2.75) is 46.1 Å². The lowest BCUT2D eigenvalue weighted by Crippen LogP contribution is -2.14. The number of nitrogen functional groups attached to an aromatic ring is 1. The molecule has 0 aliphatic carbocycles. The Morgan fingerprint density at radius 3 is 2.57 bits per heavy atom. The molecule has 5 heteroatoms. The van der Waals surface area contributed by atoms with Crippen molar-refractivity contribution in [2.75, 3.05) is 11.1 Å². The molecule has 0 bridgehead atoms. The molecule has 0 spiro atoms. The van der Waals surface area contributed by atoms with Crippen LogP contribution in [0.2, 0.25) is 0 Å². The number of nitrogens with zero attached hydrogens (tertiary/aromatic N) is 2. The van der Waals surface area contributed by atoms with Crippen molar-refractivity contribution >= 4 is 22.4 Å². The normalized spacial score (nSPS) is 12.6. The van der Waals surface area contributed by atoms with Crippen molar-refractivity contribution in [3.63, 3.8) is 0 Å². The van der Waals surface area contributed by atoms with Gasteiger partial charge in [0.1, 0.15) is 10.8 Å². The van der Waals surface area contributed by atoms with Crippen molar-refractivity contribution in [3.8, 4) is 11.1 Å². The Balaban J connectivity index is 2.04. The molecular formula is C16H24N4S. The molecule has 2 rings (SSSR count). The van der Waals surface area contributed by atoms with Gasteiger partial charge in [-0.3, -0.25) is 4.98 Å². The fourth-order valence-corrected chi connectivity index (χ4v) is 3.18. The minimum absolute atomic E-state index is 0.421. The van der Waals surface area contributed by atoms with Gasteiger partial charge in [-0.05, 0) is 48.5 Å². The van der Waals surface area contributed by atoms with E-state index in [1.54, 1.807) is 12.4 Å². The molecule has 0 aliphatic heterocycles. The maximum Gasteiger partial charge on any atom is 0.147 e. The number of hydrogen-bond donors (Lipinski definition) is 2. The van der Waals surface area contributed by atoms with Crippen LogP contribution in [0.4, 0.5) is 10.8 Å². The number of hydrogen-bond acceptors (Lipinski definition) is 5. The molecule has 3 N–H and O–H groups in total. The molecule has 2 heterocycles. The number of nitrogens with one attached hydrogen (secondary N) is 1. The number of nitrogens with two attached hydrogens (primary N) is 1. The van der Waals surface area contributed by atoms with E-state index in [2.05, 4.69) is 35.4 Å². The van der Waals surface area contributed by atoms with Gasteiger partial charge in [0.25, 0.3) is 0 Å². The van der Waals surface area contributed by atoms with Gasteiger partial charge in [-0.2, -0.15) is 4.37 Å². The van der Waals surface area contributed by atoms with Crippen LogP contribution in [-0.4, -0.2) is 15.4 Å². The minimum atomic E-state index is 0.421. The first-order valence-corrected chi connectivity index (χ1v) is 8.27. The summed E-state index contributed by atoms with van der Waals surface area (Å²) in [6.45, 7) is 6.75. The van der Waals surface area contributed by atoms with Crippen molar-refractivity contribution in [3.05, 3.63) is 24.5 Å². The van der Waals surface area contributed by atoms with Gasteiger partial charge in [0.2, 0.25) is 0 Å². The van der Waals surface area contributed by atoms with Crippen LogP contribution in [0.3, 0.4) is 0 Å². The van der Waals surface area contributed by atoms with E-state index in [0.29, 0.717) is 11.9 Å². The quantitative estimate of drug-likeness (QED) is 0.795. The maximum atomic E-state index is 6.03. The summed E-state index contributed by atoms with van der Waals surface area (Å²) in [5.74, 6) is 1.35. The van der Waals surface area contributed by atoms with Gasteiger partial charge in [-0.25, -0.2) is 0 Å². The summed E-state index contributed by atoms with van der Waals surface area (Å²) >= 11 is 1.43. The van der Waals surface area contributed by atoms with Crippen LogP contribution < -0.4 is 11.1 Å². The molecule has 0 aromatic carbocycles. The molecule has 4 nitrogen and oxygen atoms in total. The molecule has 114 valence electrons. The highest BCUT2D eigenvalue weighted by atomic mass is 32.1. The molecule has 21 heavy (non-hydrogen) atoms. The zero-order chi connectivity index (χ0) is 15.2. The Bertz CT molecular complexity index is 551. The van der Waals surface area contributed by atoms with E-state index in [-0.39, 0.29) is 0 Å². The lowest BCUT2D eigenvalue weighted by atomic mass is 10.0. The van der Waals surface area contributed by atoms with E-state index < -0.39 is 0 Å². The summed E-state index contributed by atoms with van der Waals surface area (Å²) < 4.78 is 4.29. The summed E-state index contributed by atoms with van der Waals surface area (Å²) in [5, 5.41) is 4.61. The molecule has 1 atom stereocenters. The first-order valence-electron chi connectivity index (χ1n) is 7.50. The monoisotopic (exact) mass is 304 g/mol. The molecular weight excluding hydrogens is 280 g/mol. The zero-order valence-electron chi connectivity index (χ0n) is 13.0. The van der Waals surface area contributed by atoms with Crippen molar-refractivity contribution in [1.82, 2.24) is 9.36 Å². The highest BCUT2D eigenvalue weighted by molar-refractivity contribution is 7.11. The maximum absolute atomic E-state index is 6.03. The fraction of sp³-hybridized carbons (Fsp3) is 0.500. The standard InChI is InChI=1S/C16H24N4S/c1-11(2)5-4-6-12(3)19-16-14(15(17)20-21-16)13-7-9-18-10-8-13/h7-12,19H,4-6H2,1-3H3,(H2,17,20). The Morgan fingerprint density at radius 1 is 1.19 bits per heavy atom. The molecule has 2 aromatic rings. The van der Waals surface area contributed by atoms with E-state index in [4.69, 9.17) is 5.73 Å². The third-order valence-electron chi connectivity index (χ3n) is 3.48. The van der Waals surface area contributed by atoms with Crippen LogP contribution in [0.25, 0.3) is 11.1 Å². The van der Waals surface area contributed by atoms with Crippen LogP contribution in [0.5, 0.6) is 0 Å². The summed E-state index contributed by atoms with van der Waals surface area (Å²) in [5.41, 5.74) is 8.09. The molecule has 0 aliphatic rings. The van der Waals surface area contributed by atoms with Crippen LogP contribution in [-0.2, 0) is 0 Å². The number of anilines is 2. The van der Waals surface area contributed by atoms with Crippen molar-refractivity contribution < 1.29 is 0 Å². The first-order chi connectivity index (χ1) is 10.1. The summed E-state index contributed by atoms with van der Waals surface area (Å²) in [6, 6.07) is 4.35. The summed E-state index contributed by atoms with van der Waals surface area (Å²) in [7, 11) is 0. The first kappa shape index (κ1) is 15.8. The van der Waals surface area contributed by atoms with E-state index in [9.17, 15) is 0 Å². The van der Waals surface area contributed by atoms with Crippen LogP contribution in [0.15, 0.2) is 24.5 Å². The molecule has 2 aromatic heterocycles. The second-order valence-electron chi connectivity index (χ2n) is 5.88. The van der Waals surface area contributed by atoms with Gasteiger partial charge >= 0.3 is 0 Å². The van der Waals surface area contributed by atoms with Crippen LogP contribution in [0, 0.1) is 5.92 Å². The third-order valence-corrected chi connectivity index (χ3v) is 4.28. The molecule has 1 unspecified atom stereocenters. The second-order valence-corrected chi connectivity index (χ2v) is 6.65. The SMILES string of the molecule is CC(C)CCCC(C)Nc1snc(N)c1-c1ccncc1. The average Bonchev–Trinajstić information content (AvgIpc) is 2.80. The van der Waals surface area contributed by atoms with E-state index in [1.165, 1.54) is 24.4 Å². The van der Waals surface area contributed by atoms with Gasteiger partial charge < -0.3 is 11.1 Å². The summed E-state index contributed by atoms with van der Waals surface area (Å²) in [6.07, 6.45) is 7.23. The van der Waals surface area contributed by atoms with E-state index in [0.717, 1.165) is 28.5 Å². The largest absolute Gasteiger partial charge is 0.382 e. The summed E-state index contributed by atoms with van der Waals surface area (Å²) in [4.78, 5) is 4.05. The average molecular weight is 304 g/mol. The predicted molar refractivity (Wildman–Crippen MR) is 91.5 cm³/mol. The van der Waals surface area contributed by atoms with Crippen molar-refractivity contribution in [2.24, 2.45) is 5.92 Å². The lowest BCUT2D eigenvalue weighted by molar-refractivity contribution is 0.520. The van der Waals surface area contributed by atoms with Gasteiger partial charge in [-0.1, -0.05) is 26.7 Å². The van der Waals surface area contributed by atoms with E-state index in [1.807, 2.05) is 12.1 Å². The Labute approximate surface area is 131 Å². The smallest absolute Gasteiger partial charge is 0.147 e. The number of aromatic nitrogens is 2. The fourth-order valence-electron chi connectivity index (χ4n) is 2.33. The molecule has 0 radical (unpaired) electrons. The van der Waals surface area contributed by atoms with Crippen molar-refractivity contribution in [1.29, 1.82) is 0 Å². The zero-order valence-corrected chi connectivity index (χ0v) is 13.8. The molecule has 0 saturated heterocycles. The van der Waals surface area contributed by atoms with Gasteiger partial charge in [0, 0.05) is 18.4 Å².